The van der Waals surface area contributed by atoms with E-state index in [1.54, 1.807) is 0 Å². The summed E-state index contributed by atoms with van der Waals surface area (Å²) in [6, 6.07) is 0.403. The van der Waals surface area contributed by atoms with Gasteiger partial charge in [-0.05, 0) is 39.9 Å². The molecule has 0 saturated carbocycles. The molecule has 0 aliphatic carbocycles. The fourth-order valence-electron chi connectivity index (χ4n) is 3.43. The van der Waals surface area contributed by atoms with E-state index in [0.717, 1.165) is 38.9 Å². The number of aromatic nitrogens is 2. The van der Waals surface area contributed by atoms with Gasteiger partial charge in [-0.25, -0.2) is 4.98 Å². The van der Waals surface area contributed by atoms with Crippen molar-refractivity contribution >= 4 is 0 Å². The van der Waals surface area contributed by atoms with E-state index in [2.05, 4.69) is 67.6 Å². The molecule has 0 aliphatic rings. The smallest absolute Gasteiger partial charge is 0.110 e. The fraction of sp³-hybridized carbons (Fsp3) is 0.824. The van der Waals surface area contributed by atoms with Crippen LogP contribution < -0.4 is 5.32 Å². The molecule has 0 bridgehead atoms. The zero-order chi connectivity index (χ0) is 15.9. The van der Waals surface area contributed by atoms with Gasteiger partial charge in [-0.1, -0.05) is 27.7 Å². The maximum Gasteiger partial charge on any atom is 0.110 e. The Morgan fingerprint density at radius 2 is 1.95 bits per heavy atom. The Bertz CT molecular complexity index is 397. The number of imidazole rings is 1. The van der Waals surface area contributed by atoms with Gasteiger partial charge in [0.15, 0.2) is 0 Å². The molecule has 0 fully saturated rings. The molecule has 2 atom stereocenters. The molecule has 1 heterocycles. The third-order valence-corrected chi connectivity index (χ3v) is 4.95. The maximum atomic E-state index is 4.59. The average Bonchev–Trinajstić information content (AvgIpc) is 2.93. The SMILES string of the molecule is CCCn1ccnc1CC(NC)C(C)(CC)N(CC)CC. The predicted molar refractivity (Wildman–Crippen MR) is 90.7 cm³/mol. The Balaban J connectivity index is 2.96. The van der Waals surface area contributed by atoms with Gasteiger partial charge in [-0.15, -0.1) is 0 Å². The van der Waals surface area contributed by atoms with Gasteiger partial charge in [0.2, 0.25) is 0 Å². The van der Waals surface area contributed by atoms with Crippen LogP contribution in [0.3, 0.4) is 0 Å². The first-order chi connectivity index (χ1) is 10.1. The second-order valence-corrected chi connectivity index (χ2v) is 5.97. The van der Waals surface area contributed by atoms with Crippen LogP contribution in [0, 0.1) is 0 Å². The molecule has 4 heteroatoms. The number of nitrogens with one attached hydrogen (secondary N) is 1. The van der Waals surface area contributed by atoms with E-state index in [1.165, 1.54) is 5.82 Å². The topological polar surface area (TPSA) is 33.1 Å². The van der Waals surface area contributed by atoms with Crippen LogP contribution in [0.5, 0.6) is 0 Å². The summed E-state index contributed by atoms with van der Waals surface area (Å²) >= 11 is 0. The van der Waals surface area contributed by atoms with Crippen LogP contribution in [-0.2, 0) is 13.0 Å². The maximum absolute atomic E-state index is 4.59. The highest BCUT2D eigenvalue weighted by molar-refractivity contribution is 5.03. The highest BCUT2D eigenvalue weighted by atomic mass is 15.2. The summed E-state index contributed by atoms with van der Waals surface area (Å²) in [5.41, 5.74) is 0.154. The van der Waals surface area contributed by atoms with Crippen LogP contribution in [0.4, 0.5) is 0 Å². The number of likely N-dealkylation sites (N-methyl/N-ethyl adjacent to an activating group) is 2. The summed E-state index contributed by atoms with van der Waals surface area (Å²) in [6.07, 6.45) is 7.29. The zero-order valence-electron chi connectivity index (χ0n) is 14.8. The predicted octanol–water partition coefficient (Wildman–Crippen LogP) is 2.93. The van der Waals surface area contributed by atoms with Gasteiger partial charge in [-0.3, -0.25) is 4.90 Å². The highest BCUT2D eigenvalue weighted by Crippen LogP contribution is 2.25. The summed E-state index contributed by atoms with van der Waals surface area (Å²) in [6.45, 7) is 14.6. The average molecular weight is 294 g/mol. The van der Waals surface area contributed by atoms with E-state index >= 15 is 0 Å². The molecule has 4 nitrogen and oxygen atoms in total. The molecule has 1 aromatic rings. The lowest BCUT2D eigenvalue weighted by Crippen LogP contribution is -2.59. The van der Waals surface area contributed by atoms with Gasteiger partial charge in [0.05, 0.1) is 0 Å². The summed E-state index contributed by atoms with van der Waals surface area (Å²) in [5.74, 6) is 1.20. The Morgan fingerprint density at radius 1 is 1.29 bits per heavy atom. The van der Waals surface area contributed by atoms with Crippen molar-refractivity contribution < 1.29 is 0 Å². The van der Waals surface area contributed by atoms with Crippen molar-refractivity contribution in [2.75, 3.05) is 20.1 Å². The normalized spacial score (nSPS) is 16.1. The minimum atomic E-state index is 0.154. The molecule has 1 aromatic heterocycles. The lowest BCUT2D eigenvalue weighted by atomic mass is 9.85. The Kier molecular flexibility index (Phi) is 7.40. The molecule has 122 valence electrons. The van der Waals surface area contributed by atoms with E-state index in [-0.39, 0.29) is 5.54 Å². The van der Waals surface area contributed by atoms with Crippen molar-refractivity contribution in [1.82, 2.24) is 19.8 Å². The molecule has 0 spiro atoms. The largest absolute Gasteiger partial charge is 0.335 e. The summed E-state index contributed by atoms with van der Waals surface area (Å²) in [4.78, 5) is 7.16. The first kappa shape index (κ1) is 18.2. The van der Waals surface area contributed by atoms with E-state index < -0.39 is 0 Å². The number of hydrogen-bond acceptors (Lipinski definition) is 3. The minimum Gasteiger partial charge on any atom is -0.335 e. The molecular weight excluding hydrogens is 260 g/mol. The van der Waals surface area contributed by atoms with Gasteiger partial charge in [0.1, 0.15) is 5.82 Å². The molecule has 1 N–H and O–H groups in total. The molecule has 0 radical (unpaired) electrons. The van der Waals surface area contributed by atoms with Crippen molar-refractivity contribution in [3.05, 3.63) is 18.2 Å². The Labute approximate surface area is 130 Å². The first-order valence-electron chi connectivity index (χ1n) is 8.49. The number of hydrogen-bond donors (Lipinski definition) is 1. The third kappa shape index (κ3) is 4.07. The van der Waals surface area contributed by atoms with Crippen molar-refractivity contribution in [3.63, 3.8) is 0 Å². The quantitative estimate of drug-likeness (QED) is 0.720. The van der Waals surface area contributed by atoms with Crippen molar-refractivity contribution in [2.45, 2.75) is 72.0 Å². The minimum absolute atomic E-state index is 0.154. The second-order valence-electron chi connectivity index (χ2n) is 5.97. The Hall–Kier alpha value is -0.870. The zero-order valence-corrected chi connectivity index (χ0v) is 14.8. The molecular formula is C17H34N4. The van der Waals surface area contributed by atoms with Gasteiger partial charge in [0, 0.05) is 36.9 Å². The van der Waals surface area contributed by atoms with Gasteiger partial charge >= 0.3 is 0 Å². The molecule has 0 amide bonds. The van der Waals surface area contributed by atoms with Crippen LogP contribution in [-0.4, -0.2) is 46.2 Å². The van der Waals surface area contributed by atoms with Gasteiger partial charge < -0.3 is 9.88 Å². The highest BCUT2D eigenvalue weighted by Gasteiger charge is 2.36. The van der Waals surface area contributed by atoms with Crippen molar-refractivity contribution in [3.8, 4) is 0 Å². The number of rotatable bonds is 10. The summed E-state index contributed by atoms with van der Waals surface area (Å²) in [5, 5.41) is 3.56. The first-order valence-corrected chi connectivity index (χ1v) is 8.49. The third-order valence-electron chi connectivity index (χ3n) is 4.95. The van der Waals surface area contributed by atoms with Crippen LogP contribution in [0.2, 0.25) is 0 Å². The second kappa shape index (κ2) is 8.54. The van der Waals surface area contributed by atoms with E-state index in [9.17, 15) is 0 Å². The number of nitrogens with zero attached hydrogens (tertiary/aromatic N) is 3. The van der Waals surface area contributed by atoms with Crippen LogP contribution >= 0.6 is 0 Å². The lowest BCUT2D eigenvalue weighted by molar-refractivity contribution is 0.0719. The fourth-order valence-corrected chi connectivity index (χ4v) is 3.43. The summed E-state index contributed by atoms with van der Waals surface area (Å²) in [7, 11) is 2.08. The number of aryl methyl sites for hydroxylation is 1. The van der Waals surface area contributed by atoms with E-state index in [0.29, 0.717) is 6.04 Å². The summed E-state index contributed by atoms with van der Waals surface area (Å²) < 4.78 is 2.29. The van der Waals surface area contributed by atoms with Crippen molar-refractivity contribution in [2.24, 2.45) is 0 Å². The van der Waals surface area contributed by atoms with Crippen molar-refractivity contribution in [1.29, 1.82) is 0 Å². The molecule has 0 aromatic carbocycles. The van der Waals surface area contributed by atoms with Crippen LogP contribution in [0.25, 0.3) is 0 Å². The Morgan fingerprint density at radius 3 is 2.43 bits per heavy atom. The van der Waals surface area contributed by atoms with Gasteiger partial charge in [0.25, 0.3) is 0 Å². The molecule has 0 saturated heterocycles. The van der Waals surface area contributed by atoms with E-state index in [4.69, 9.17) is 0 Å². The molecule has 0 aliphatic heterocycles. The standard InChI is InChI=1S/C17H34N4/c1-7-12-20-13-11-19-16(20)14-15(18-6)17(5,8-2)21(9-3)10-4/h11,13,15,18H,7-10,12,14H2,1-6H3. The lowest BCUT2D eigenvalue weighted by Gasteiger charge is -2.45. The van der Waals surface area contributed by atoms with Gasteiger partial charge in [-0.2, -0.15) is 0 Å². The molecule has 21 heavy (non-hydrogen) atoms. The molecule has 1 rings (SSSR count). The van der Waals surface area contributed by atoms with Crippen LogP contribution in [0.1, 0.15) is 53.3 Å². The van der Waals surface area contributed by atoms with E-state index in [1.807, 2.05) is 6.20 Å². The van der Waals surface area contributed by atoms with Crippen LogP contribution in [0.15, 0.2) is 12.4 Å². The molecule has 2 unspecified atom stereocenters. The monoisotopic (exact) mass is 294 g/mol.